The lowest BCUT2D eigenvalue weighted by Crippen LogP contribution is -2.71. The Morgan fingerprint density at radius 3 is 2.33 bits per heavy atom. The molecule has 1 aliphatic heterocycles. The zero-order valence-corrected chi connectivity index (χ0v) is 19.0. The molecule has 0 bridgehead atoms. The monoisotopic (exact) mass is 424 g/mol. The Kier molecular flexibility index (Phi) is 4.95. The fourth-order valence-corrected chi connectivity index (χ4v) is 9.24. The predicted octanol–water partition coefficient (Wildman–Crippen LogP) is 2.48. The quantitative estimate of drug-likeness (QED) is 0.631. The van der Waals surface area contributed by atoms with Crippen molar-refractivity contribution in [3.8, 4) is 0 Å². The van der Waals surface area contributed by atoms with Gasteiger partial charge in [0.05, 0.1) is 37.1 Å². The maximum absolute atomic E-state index is 11.9. The zero-order valence-electron chi connectivity index (χ0n) is 19.0. The van der Waals surface area contributed by atoms with Crippen molar-refractivity contribution in [1.82, 2.24) is 0 Å². The summed E-state index contributed by atoms with van der Waals surface area (Å²) in [6, 6.07) is 0. The number of aliphatic hydroxyl groups excluding tert-OH is 2. The SMILES string of the molecule is CO[C@@H]1CC2C3CC[C@H](C4(C)OCCO4)[C@@]3(C)C[C@H](O)C2[C@@]2(C)CC[C@H](O)C[C@]12O. The van der Waals surface area contributed by atoms with Gasteiger partial charge in [0.1, 0.15) is 0 Å². The summed E-state index contributed by atoms with van der Waals surface area (Å²) in [6.45, 7) is 7.84. The molecule has 1 heterocycles. The van der Waals surface area contributed by atoms with Crippen molar-refractivity contribution in [2.24, 2.45) is 34.5 Å². The van der Waals surface area contributed by atoms with Crippen LogP contribution in [0.5, 0.6) is 0 Å². The largest absolute Gasteiger partial charge is 0.393 e. The van der Waals surface area contributed by atoms with Crippen LogP contribution in [0.15, 0.2) is 0 Å². The molecule has 0 aromatic carbocycles. The zero-order chi connectivity index (χ0) is 21.5. The average molecular weight is 425 g/mol. The van der Waals surface area contributed by atoms with Gasteiger partial charge in [0.2, 0.25) is 0 Å². The van der Waals surface area contributed by atoms with E-state index in [1.54, 1.807) is 7.11 Å². The van der Waals surface area contributed by atoms with E-state index < -0.39 is 29.0 Å². The van der Waals surface area contributed by atoms with E-state index in [9.17, 15) is 15.3 Å². The summed E-state index contributed by atoms with van der Waals surface area (Å²) in [4.78, 5) is 0. The number of fused-ring (bicyclic) bond motifs is 5. The Hall–Kier alpha value is -0.240. The van der Waals surface area contributed by atoms with Gasteiger partial charge in [-0.3, -0.25) is 0 Å². The molecule has 3 unspecified atom stereocenters. The first-order valence-corrected chi connectivity index (χ1v) is 12.0. The first kappa shape index (κ1) is 21.6. The van der Waals surface area contributed by atoms with Crippen molar-refractivity contribution in [2.75, 3.05) is 20.3 Å². The fourth-order valence-electron chi connectivity index (χ4n) is 9.24. The second-order valence-electron chi connectivity index (χ2n) is 11.6. The van der Waals surface area contributed by atoms with Crippen molar-refractivity contribution >= 4 is 0 Å². The second-order valence-corrected chi connectivity index (χ2v) is 11.6. The summed E-state index contributed by atoms with van der Waals surface area (Å²) >= 11 is 0. The maximum atomic E-state index is 11.9. The van der Waals surface area contributed by atoms with E-state index in [0.717, 1.165) is 32.1 Å². The molecule has 5 aliphatic rings. The Balaban J connectivity index is 1.53. The smallest absolute Gasteiger partial charge is 0.169 e. The number of rotatable bonds is 2. The summed E-state index contributed by atoms with van der Waals surface area (Å²) in [7, 11) is 1.68. The van der Waals surface area contributed by atoms with E-state index in [4.69, 9.17) is 14.2 Å². The molecule has 4 saturated carbocycles. The van der Waals surface area contributed by atoms with Gasteiger partial charge in [-0.1, -0.05) is 13.8 Å². The minimum atomic E-state index is -1.10. The van der Waals surface area contributed by atoms with E-state index in [0.29, 0.717) is 37.9 Å². The highest BCUT2D eigenvalue weighted by atomic mass is 16.7. The summed E-state index contributed by atoms with van der Waals surface area (Å²) in [5, 5.41) is 33.9. The lowest BCUT2D eigenvalue weighted by molar-refractivity contribution is -0.293. The van der Waals surface area contributed by atoms with Crippen LogP contribution in [0.3, 0.4) is 0 Å². The van der Waals surface area contributed by atoms with Crippen molar-refractivity contribution in [1.29, 1.82) is 0 Å². The Morgan fingerprint density at radius 1 is 0.967 bits per heavy atom. The van der Waals surface area contributed by atoms with Crippen LogP contribution < -0.4 is 0 Å². The molecule has 6 heteroatoms. The fraction of sp³-hybridized carbons (Fsp3) is 1.00. The van der Waals surface area contributed by atoms with Crippen LogP contribution >= 0.6 is 0 Å². The number of aliphatic hydroxyl groups is 3. The third-order valence-corrected chi connectivity index (χ3v) is 10.5. The Morgan fingerprint density at radius 2 is 1.67 bits per heavy atom. The molecule has 5 rings (SSSR count). The summed E-state index contributed by atoms with van der Waals surface area (Å²) in [5.74, 6) is 0.461. The Labute approximate surface area is 180 Å². The van der Waals surface area contributed by atoms with Crippen LogP contribution in [-0.2, 0) is 14.2 Å². The lowest BCUT2D eigenvalue weighted by atomic mass is 9.41. The van der Waals surface area contributed by atoms with E-state index in [1.165, 1.54) is 0 Å². The minimum Gasteiger partial charge on any atom is -0.393 e. The van der Waals surface area contributed by atoms with Crippen molar-refractivity contribution in [3.05, 3.63) is 0 Å². The van der Waals surface area contributed by atoms with Crippen molar-refractivity contribution in [2.45, 2.75) is 95.4 Å². The highest BCUT2D eigenvalue weighted by molar-refractivity contribution is 5.19. The molecule has 0 amide bonds. The molecule has 5 fully saturated rings. The molecule has 0 spiro atoms. The first-order chi connectivity index (χ1) is 14.1. The number of ether oxygens (including phenoxy) is 3. The van der Waals surface area contributed by atoms with Crippen LogP contribution in [0.4, 0.5) is 0 Å². The lowest BCUT2D eigenvalue weighted by Gasteiger charge is -2.67. The average Bonchev–Trinajstić information content (AvgIpc) is 3.25. The molecule has 4 aliphatic carbocycles. The second kappa shape index (κ2) is 6.88. The molecule has 1 saturated heterocycles. The molecule has 30 heavy (non-hydrogen) atoms. The summed E-state index contributed by atoms with van der Waals surface area (Å²) in [5.41, 5.74) is -1.62. The first-order valence-electron chi connectivity index (χ1n) is 12.0. The molecular weight excluding hydrogens is 384 g/mol. The highest BCUT2D eigenvalue weighted by Gasteiger charge is 2.71. The van der Waals surface area contributed by atoms with Gasteiger partial charge in [-0.15, -0.1) is 0 Å². The van der Waals surface area contributed by atoms with E-state index in [1.807, 2.05) is 0 Å². The van der Waals surface area contributed by atoms with Crippen LogP contribution in [0.1, 0.15) is 65.7 Å². The standard InChI is InChI=1S/C24H40O6/c1-21-13-17(26)20-15(16(21)5-6-18(21)23(3)29-9-10-30-23)11-19(28-4)24(27)12-14(25)7-8-22(20,24)2/h14-20,25-27H,5-13H2,1-4H3/t14-,15?,16?,17-,18-,19+,20?,21-,22+,24-/m0/s1. The van der Waals surface area contributed by atoms with Gasteiger partial charge in [-0.05, 0) is 68.6 Å². The van der Waals surface area contributed by atoms with Crippen LogP contribution in [-0.4, -0.2) is 65.3 Å². The van der Waals surface area contributed by atoms with Crippen molar-refractivity contribution < 1.29 is 29.5 Å². The predicted molar refractivity (Wildman–Crippen MR) is 111 cm³/mol. The third kappa shape index (κ3) is 2.64. The topological polar surface area (TPSA) is 88.4 Å². The molecule has 10 atom stereocenters. The van der Waals surface area contributed by atoms with Gasteiger partial charge in [-0.25, -0.2) is 0 Å². The molecule has 172 valence electrons. The van der Waals surface area contributed by atoms with E-state index in [-0.39, 0.29) is 23.4 Å². The summed E-state index contributed by atoms with van der Waals surface area (Å²) in [6.07, 6.45) is 4.04. The molecular formula is C24H40O6. The van der Waals surface area contributed by atoms with Crippen LogP contribution in [0, 0.1) is 34.5 Å². The van der Waals surface area contributed by atoms with Crippen LogP contribution in [0.2, 0.25) is 0 Å². The molecule has 6 nitrogen and oxygen atoms in total. The Bertz CT molecular complexity index is 679. The molecule has 0 aromatic heterocycles. The number of hydrogen-bond acceptors (Lipinski definition) is 6. The normalized spacial score (nSPS) is 57.5. The molecule has 0 radical (unpaired) electrons. The maximum Gasteiger partial charge on any atom is 0.169 e. The summed E-state index contributed by atoms with van der Waals surface area (Å²) < 4.78 is 18.1. The van der Waals surface area contributed by atoms with Gasteiger partial charge in [-0.2, -0.15) is 0 Å². The van der Waals surface area contributed by atoms with Crippen LogP contribution in [0.25, 0.3) is 0 Å². The van der Waals surface area contributed by atoms with E-state index in [2.05, 4.69) is 20.8 Å². The number of hydrogen-bond donors (Lipinski definition) is 3. The minimum absolute atomic E-state index is 0.0245. The molecule has 0 aromatic rings. The van der Waals surface area contributed by atoms with E-state index >= 15 is 0 Å². The van der Waals surface area contributed by atoms with Gasteiger partial charge in [0, 0.05) is 24.9 Å². The number of methoxy groups -OCH3 is 1. The van der Waals surface area contributed by atoms with Gasteiger partial charge in [0.15, 0.2) is 5.79 Å². The molecule has 3 N–H and O–H groups in total. The van der Waals surface area contributed by atoms with Gasteiger partial charge < -0.3 is 29.5 Å². The third-order valence-electron chi connectivity index (χ3n) is 10.5. The van der Waals surface area contributed by atoms with Crippen molar-refractivity contribution in [3.63, 3.8) is 0 Å². The van der Waals surface area contributed by atoms with Gasteiger partial charge in [0.25, 0.3) is 0 Å². The highest BCUT2D eigenvalue weighted by Crippen LogP contribution is 2.70. The van der Waals surface area contributed by atoms with Gasteiger partial charge >= 0.3 is 0 Å².